The molecule has 6 nitrogen and oxygen atoms in total. The summed E-state index contributed by atoms with van der Waals surface area (Å²) in [5, 5.41) is 7.10. The summed E-state index contributed by atoms with van der Waals surface area (Å²) in [4.78, 5) is 16.8. The van der Waals surface area contributed by atoms with Gasteiger partial charge in [-0.3, -0.25) is 4.79 Å². The van der Waals surface area contributed by atoms with Gasteiger partial charge in [-0.05, 0) is 57.0 Å². The molecule has 0 radical (unpaired) electrons. The van der Waals surface area contributed by atoms with Crippen molar-refractivity contribution in [2.75, 3.05) is 13.2 Å². The van der Waals surface area contributed by atoms with Crippen LogP contribution in [0, 0.1) is 27.7 Å². The smallest absolute Gasteiger partial charge is 0.256 e. The number of hydrogen-bond acceptors (Lipinski definition) is 4. The van der Waals surface area contributed by atoms with Gasteiger partial charge < -0.3 is 10.1 Å². The first-order chi connectivity index (χ1) is 11.9. The Hall–Kier alpha value is -2.89. The van der Waals surface area contributed by atoms with Gasteiger partial charge in [0.2, 0.25) is 0 Å². The van der Waals surface area contributed by atoms with Crippen LogP contribution in [0.5, 0.6) is 5.75 Å². The first-order valence-electron chi connectivity index (χ1n) is 8.25. The summed E-state index contributed by atoms with van der Waals surface area (Å²) in [6.45, 7) is 8.72. The quantitative estimate of drug-likeness (QED) is 0.726. The van der Waals surface area contributed by atoms with Crippen LogP contribution in [0.25, 0.3) is 5.65 Å². The van der Waals surface area contributed by atoms with Gasteiger partial charge in [0.25, 0.3) is 5.91 Å². The number of aromatic nitrogens is 3. The summed E-state index contributed by atoms with van der Waals surface area (Å²) in [5.41, 5.74) is 5.16. The fourth-order valence-electron chi connectivity index (χ4n) is 2.88. The molecular weight excluding hydrogens is 316 g/mol. The van der Waals surface area contributed by atoms with Crippen molar-refractivity contribution < 1.29 is 9.53 Å². The summed E-state index contributed by atoms with van der Waals surface area (Å²) in [7, 11) is 0. The van der Waals surface area contributed by atoms with Crippen LogP contribution in [0.3, 0.4) is 0 Å². The van der Waals surface area contributed by atoms with Crippen LogP contribution in [-0.2, 0) is 0 Å². The van der Waals surface area contributed by atoms with E-state index in [1.807, 2.05) is 45.9 Å². The van der Waals surface area contributed by atoms with E-state index >= 15 is 0 Å². The number of carbonyl (C=O) groups excluding carboxylic acids is 1. The van der Waals surface area contributed by atoms with E-state index in [0.717, 1.165) is 28.3 Å². The molecule has 1 N–H and O–H groups in total. The lowest BCUT2D eigenvalue weighted by atomic mass is 10.1. The average molecular weight is 338 g/mol. The van der Waals surface area contributed by atoms with Gasteiger partial charge in [0, 0.05) is 11.4 Å². The largest absolute Gasteiger partial charge is 0.492 e. The number of rotatable bonds is 5. The van der Waals surface area contributed by atoms with Crippen molar-refractivity contribution in [1.29, 1.82) is 0 Å². The molecule has 130 valence electrons. The fraction of sp³-hybridized carbons (Fsp3) is 0.316. The van der Waals surface area contributed by atoms with E-state index < -0.39 is 0 Å². The molecule has 0 aliphatic heterocycles. The molecule has 0 bridgehead atoms. The zero-order valence-electron chi connectivity index (χ0n) is 15.0. The number of fused-ring (bicyclic) bond motifs is 1. The highest BCUT2D eigenvalue weighted by Gasteiger charge is 2.15. The SMILES string of the molecule is Cc1cc(C)cc(OCCNC(=O)c2cnn3c(C)cc(C)nc23)c1. The van der Waals surface area contributed by atoms with E-state index in [4.69, 9.17) is 4.74 Å². The first-order valence-corrected chi connectivity index (χ1v) is 8.25. The van der Waals surface area contributed by atoms with Crippen LogP contribution < -0.4 is 10.1 Å². The maximum absolute atomic E-state index is 12.4. The number of nitrogens with one attached hydrogen (secondary N) is 1. The summed E-state index contributed by atoms with van der Waals surface area (Å²) in [6.07, 6.45) is 1.55. The second-order valence-electron chi connectivity index (χ2n) is 6.26. The Bertz CT molecular complexity index is 910. The van der Waals surface area contributed by atoms with Crippen molar-refractivity contribution in [2.24, 2.45) is 0 Å². The molecule has 1 aromatic carbocycles. The number of benzene rings is 1. The molecule has 0 aliphatic rings. The number of amides is 1. The Balaban J connectivity index is 1.61. The lowest BCUT2D eigenvalue weighted by Gasteiger charge is -2.09. The molecule has 0 aliphatic carbocycles. The summed E-state index contributed by atoms with van der Waals surface area (Å²) in [6, 6.07) is 7.99. The van der Waals surface area contributed by atoms with Crippen LogP contribution in [0.1, 0.15) is 32.9 Å². The minimum absolute atomic E-state index is 0.198. The topological polar surface area (TPSA) is 68.5 Å². The molecule has 3 rings (SSSR count). The maximum atomic E-state index is 12.4. The van der Waals surface area contributed by atoms with Crippen LogP contribution in [0.2, 0.25) is 0 Å². The van der Waals surface area contributed by atoms with Crippen LogP contribution in [0.15, 0.2) is 30.5 Å². The third kappa shape index (κ3) is 3.79. The Morgan fingerprint density at radius 3 is 2.56 bits per heavy atom. The van der Waals surface area contributed by atoms with Gasteiger partial charge in [0.1, 0.15) is 17.9 Å². The molecule has 1 amide bonds. The van der Waals surface area contributed by atoms with Crippen molar-refractivity contribution in [3.63, 3.8) is 0 Å². The highest BCUT2D eigenvalue weighted by atomic mass is 16.5. The van der Waals surface area contributed by atoms with Crippen molar-refractivity contribution in [2.45, 2.75) is 27.7 Å². The Morgan fingerprint density at radius 2 is 1.84 bits per heavy atom. The Kier molecular flexibility index (Phi) is 4.70. The van der Waals surface area contributed by atoms with E-state index in [-0.39, 0.29) is 5.91 Å². The van der Waals surface area contributed by atoms with Crippen molar-refractivity contribution >= 4 is 11.6 Å². The monoisotopic (exact) mass is 338 g/mol. The maximum Gasteiger partial charge on any atom is 0.256 e. The molecule has 2 heterocycles. The summed E-state index contributed by atoms with van der Waals surface area (Å²) in [5.74, 6) is 0.618. The molecule has 0 unspecified atom stereocenters. The highest BCUT2D eigenvalue weighted by molar-refractivity contribution is 5.99. The minimum Gasteiger partial charge on any atom is -0.492 e. The molecule has 25 heavy (non-hydrogen) atoms. The third-order valence-corrected chi connectivity index (χ3v) is 3.87. The van der Waals surface area contributed by atoms with Crippen LogP contribution >= 0.6 is 0 Å². The van der Waals surface area contributed by atoms with E-state index in [2.05, 4.69) is 21.5 Å². The van der Waals surface area contributed by atoms with Crippen molar-refractivity contribution in [3.8, 4) is 5.75 Å². The molecule has 0 fully saturated rings. The minimum atomic E-state index is -0.198. The Morgan fingerprint density at radius 1 is 1.12 bits per heavy atom. The van der Waals surface area contributed by atoms with Crippen LogP contribution in [-0.4, -0.2) is 33.7 Å². The highest BCUT2D eigenvalue weighted by Crippen LogP contribution is 2.16. The second-order valence-corrected chi connectivity index (χ2v) is 6.26. The van der Waals surface area contributed by atoms with E-state index in [0.29, 0.717) is 24.4 Å². The van der Waals surface area contributed by atoms with Gasteiger partial charge in [-0.25, -0.2) is 9.50 Å². The molecule has 0 atom stereocenters. The number of aryl methyl sites for hydroxylation is 4. The molecule has 3 aromatic rings. The number of carbonyl (C=O) groups is 1. The van der Waals surface area contributed by atoms with E-state index in [1.54, 1.807) is 10.7 Å². The molecule has 0 saturated carbocycles. The van der Waals surface area contributed by atoms with Gasteiger partial charge in [-0.15, -0.1) is 0 Å². The number of ether oxygens (including phenoxy) is 1. The van der Waals surface area contributed by atoms with Gasteiger partial charge in [-0.2, -0.15) is 5.10 Å². The number of nitrogens with zero attached hydrogens (tertiary/aromatic N) is 3. The third-order valence-electron chi connectivity index (χ3n) is 3.87. The van der Waals surface area contributed by atoms with Gasteiger partial charge in [0.15, 0.2) is 5.65 Å². The number of hydrogen-bond donors (Lipinski definition) is 1. The first kappa shape index (κ1) is 17.0. The predicted molar refractivity (Wildman–Crippen MR) is 96.2 cm³/mol. The standard InChI is InChI=1S/C19H22N4O2/c1-12-7-13(2)9-16(8-12)25-6-5-20-19(24)17-11-21-23-15(4)10-14(3)22-18(17)23/h7-11H,5-6H2,1-4H3,(H,20,24). The second kappa shape index (κ2) is 6.93. The zero-order chi connectivity index (χ0) is 18.0. The molecule has 2 aromatic heterocycles. The molecule has 6 heteroatoms. The van der Waals surface area contributed by atoms with Crippen molar-refractivity contribution in [1.82, 2.24) is 19.9 Å². The van der Waals surface area contributed by atoms with Gasteiger partial charge >= 0.3 is 0 Å². The van der Waals surface area contributed by atoms with Gasteiger partial charge in [-0.1, -0.05) is 6.07 Å². The van der Waals surface area contributed by atoms with E-state index in [9.17, 15) is 4.79 Å². The average Bonchev–Trinajstić information content (AvgIpc) is 2.94. The summed E-state index contributed by atoms with van der Waals surface area (Å²) >= 11 is 0. The molecule has 0 saturated heterocycles. The molecule has 0 spiro atoms. The predicted octanol–water partition coefficient (Wildman–Crippen LogP) is 2.77. The van der Waals surface area contributed by atoms with Gasteiger partial charge in [0.05, 0.1) is 12.7 Å². The normalized spacial score (nSPS) is 10.9. The van der Waals surface area contributed by atoms with Crippen LogP contribution in [0.4, 0.5) is 0 Å². The summed E-state index contributed by atoms with van der Waals surface area (Å²) < 4.78 is 7.38. The van der Waals surface area contributed by atoms with Crippen molar-refractivity contribution in [3.05, 3.63) is 58.5 Å². The zero-order valence-corrected chi connectivity index (χ0v) is 15.0. The lowest BCUT2D eigenvalue weighted by Crippen LogP contribution is -2.28. The Labute approximate surface area is 146 Å². The van der Waals surface area contributed by atoms with E-state index in [1.165, 1.54) is 0 Å². The lowest BCUT2D eigenvalue weighted by molar-refractivity contribution is 0.0948. The fourth-order valence-corrected chi connectivity index (χ4v) is 2.88. The molecular formula is C19H22N4O2.